The predicted octanol–water partition coefficient (Wildman–Crippen LogP) is 2.52. The minimum atomic E-state index is -0.316. The van der Waals surface area contributed by atoms with Crippen molar-refractivity contribution in [3.05, 3.63) is 65.9 Å². The number of hydrogen-bond acceptors (Lipinski definition) is 4. The first kappa shape index (κ1) is 11.8. The van der Waals surface area contributed by atoms with Gasteiger partial charge in [-0.3, -0.25) is 10.8 Å². The number of halogens is 1. The van der Waals surface area contributed by atoms with Crippen LogP contribution in [0.5, 0.6) is 0 Å². The SMILES string of the molecule is NNC(c1cccnc1)c1cc2cc(F)ccc2o1. The Morgan fingerprint density at radius 3 is 2.89 bits per heavy atom. The van der Waals surface area contributed by atoms with Crippen molar-refractivity contribution < 1.29 is 8.81 Å². The topological polar surface area (TPSA) is 64.1 Å². The number of fused-ring (bicyclic) bond motifs is 1. The van der Waals surface area contributed by atoms with Crippen LogP contribution >= 0.6 is 0 Å². The van der Waals surface area contributed by atoms with Crippen LogP contribution in [-0.2, 0) is 0 Å². The van der Waals surface area contributed by atoms with Crippen molar-refractivity contribution >= 4 is 11.0 Å². The molecule has 3 aromatic rings. The van der Waals surface area contributed by atoms with E-state index in [-0.39, 0.29) is 11.9 Å². The van der Waals surface area contributed by atoms with E-state index in [0.29, 0.717) is 16.7 Å². The molecule has 3 N–H and O–H groups in total. The maximum absolute atomic E-state index is 13.2. The number of hydrazine groups is 1. The van der Waals surface area contributed by atoms with E-state index in [9.17, 15) is 4.39 Å². The smallest absolute Gasteiger partial charge is 0.134 e. The lowest BCUT2D eigenvalue weighted by Crippen LogP contribution is -2.28. The lowest BCUT2D eigenvalue weighted by Gasteiger charge is -2.12. The highest BCUT2D eigenvalue weighted by molar-refractivity contribution is 5.78. The van der Waals surface area contributed by atoms with Gasteiger partial charge in [0.2, 0.25) is 0 Å². The molecule has 0 amide bonds. The summed E-state index contributed by atoms with van der Waals surface area (Å²) in [7, 11) is 0. The summed E-state index contributed by atoms with van der Waals surface area (Å²) in [4.78, 5) is 4.05. The first-order valence-corrected chi connectivity index (χ1v) is 5.83. The zero-order chi connectivity index (χ0) is 13.2. The lowest BCUT2D eigenvalue weighted by atomic mass is 10.1. The second-order valence-corrected chi connectivity index (χ2v) is 4.22. The van der Waals surface area contributed by atoms with E-state index >= 15 is 0 Å². The molecule has 0 fully saturated rings. The second kappa shape index (κ2) is 4.79. The van der Waals surface area contributed by atoms with Crippen molar-refractivity contribution in [3.8, 4) is 0 Å². The Balaban J connectivity index is 2.07. The van der Waals surface area contributed by atoms with Gasteiger partial charge in [-0.25, -0.2) is 9.82 Å². The molecular formula is C14H12FN3O. The van der Waals surface area contributed by atoms with E-state index in [0.717, 1.165) is 5.56 Å². The van der Waals surface area contributed by atoms with E-state index < -0.39 is 0 Å². The fourth-order valence-electron chi connectivity index (χ4n) is 2.07. The molecule has 0 bridgehead atoms. The van der Waals surface area contributed by atoms with Crippen LogP contribution in [0.1, 0.15) is 17.4 Å². The van der Waals surface area contributed by atoms with Crippen LogP contribution in [0.15, 0.2) is 53.2 Å². The molecule has 0 radical (unpaired) electrons. The summed E-state index contributed by atoms with van der Waals surface area (Å²) in [5.41, 5.74) is 4.19. The third kappa shape index (κ3) is 2.21. The van der Waals surface area contributed by atoms with E-state index in [1.807, 2.05) is 12.1 Å². The fraction of sp³-hybridized carbons (Fsp3) is 0.0714. The molecule has 0 aliphatic heterocycles. The Bertz CT molecular complexity index is 696. The molecule has 5 heteroatoms. The summed E-state index contributed by atoms with van der Waals surface area (Å²) in [6.07, 6.45) is 3.39. The molecule has 0 aliphatic rings. The van der Waals surface area contributed by atoms with Crippen molar-refractivity contribution in [3.63, 3.8) is 0 Å². The standard InChI is InChI=1S/C14H12FN3O/c15-11-3-4-12-10(6-11)7-13(19-12)14(18-16)9-2-1-5-17-8-9/h1-8,14,18H,16H2. The summed E-state index contributed by atoms with van der Waals surface area (Å²) >= 11 is 0. The highest BCUT2D eigenvalue weighted by Gasteiger charge is 2.17. The first-order chi connectivity index (χ1) is 9.28. The molecule has 19 heavy (non-hydrogen) atoms. The molecule has 1 atom stereocenters. The minimum absolute atomic E-state index is 0.293. The van der Waals surface area contributed by atoms with E-state index in [4.69, 9.17) is 10.3 Å². The van der Waals surface area contributed by atoms with Gasteiger partial charge >= 0.3 is 0 Å². The first-order valence-electron chi connectivity index (χ1n) is 5.83. The lowest BCUT2D eigenvalue weighted by molar-refractivity contribution is 0.476. The number of nitrogens with one attached hydrogen (secondary N) is 1. The van der Waals surface area contributed by atoms with Gasteiger partial charge < -0.3 is 4.42 Å². The van der Waals surface area contributed by atoms with E-state index in [1.54, 1.807) is 24.5 Å². The normalized spacial score (nSPS) is 12.7. The van der Waals surface area contributed by atoms with Crippen LogP contribution in [0.4, 0.5) is 4.39 Å². The number of pyridine rings is 1. The number of furan rings is 1. The highest BCUT2D eigenvalue weighted by Crippen LogP contribution is 2.27. The third-order valence-corrected chi connectivity index (χ3v) is 2.97. The van der Waals surface area contributed by atoms with Crippen molar-refractivity contribution in [2.75, 3.05) is 0 Å². The van der Waals surface area contributed by atoms with Gasteiger partial charge in [0.25, 0.3) is 0 Å². The Labute approximate surface area is 109 Å². The number of nitrogens with zero attached hydrogens (tertiary/aromatic N) is 1. The average Bonchev–Trinajstić information content (AvgIpc) is 2.83. The predicted molar refractivity (Wildman–Crippen MR) is 69.6 cm³/mol. The van der Waals surface area contributed by atoms with Crippen molar-refractivity contribution in [2.45, 2.75) is 6.04 Å². The molecule has 2 heterocycles. The molecular weight excluding hydrogens is 245 g/mol. The number of hydrogen-bond donors (Lipinski definition) is 2. The van der Waals surface area contributed by atoms with Crippen molar-refractivity contribution in [2.24, 2.45) is 5.84 Å². The molecule has 0 spiro atoms. The molecule has 1 unspecified atom stereocenters. The summed E-state index contributed by atoms with van der Waals surface area (Å²) in [5, 5.41) is 0.708. The zero-order valence-electron chi connectivity index (χ0n) is 10.0. The summed E-state index contributed by atoms with van der Waals surface area (Å²) in [6, 6.07) is 9.57. The maximum Gasteiger partial charge on any atom is 0.134 e. The number of rotatable bonds is 3. The van der Waals surface area contributed by atoms with Gasteiger partial charge in [0.15, 0.2) is 0 Å². The Morgan fingerprint density at radius 1 is 1.26 bits per heavy atom. The molecule has 1 aromatic carbocycles. The molecule has 0 saturated carbocycles. The van der Waals surface area contributed by atoms with Gasteiger partial charge in [0.05, 0.1) is 0 Å². The molecule has 4 nitrogen and oxygen atoms in total. The third-order valence-electron chi connectivity index (χ3n) is 2.97. The molecule has 96 valence electrons. The number of benzene rings is 1. The summed E-state index contributed by atoms with van der Waals surface area (Å²) < 4.78 is 18.9. The summed E-state index contributed by atoms with van der Waals surface area (Å²) in [6.45, 7) is 0. The Kier molecular flexibility index (Phi) is 2.98. The second-order valence-electron chi connectivity index (χ2n) is 4.22. The number of aromatic nitrogens is 1. The van der Waals surface area contributed by atoms with Crippen molar-refractivity contribution in [1.29, 1.82) is 0 Å². The largest absolute Gasteiger partial charge is 0.459 e. The fourth-order valence-corrected chi connectivity index (χ4v) is 2.07. The van der Waals surface area contributed by atoms with E-state index in [2.05, 4.69) is 10.4 Å². The van der Waals surface area contributed by atoms with E-state index in [1.165, 1.54) is 12.1 Å². The average molecular weight is 257 g/mol. The molecule has 3 rings (SSSR count). The van der Waals surface area contributed by atoms with Gasteiger partial charge in [-0.2, -0.15) is 0 Å². The van der Waals surface area contributed by atoms with Gasteiger partial charge in [0, 0.05) is 17.8 Å². The summed E-state index contributed by atoms with van der Waals surface area (Å²) in [5.74, 6) is 5.91. The quantitative estimate of drug-likeness (QED) is 0.559. The monoisotopic (exact) mass is 257 g/mol. The van der Waals surface area contributed by atoms with Gasteiger partial charge in [0.1, 0.15) is 23.2 Å². The van der Waals surface area contributed by atoms with Crippen LogP contribution in [0.3, 0.4) is 0 Å². The maximum atomic E-state index is 13.2. The minimum Gasteiger partial charge on any atom is -0.459 e. The van der Waals surface area contributed by atoms with Gasteiger partial charge in [-0.05, 0) is 35.9 Å². The van der Waals surface area contributed by atoms with Crippen LogP contribution < -0.4 is 11.3 Å². The van der Waals surface area contributed by atoms with Gasteiger partial charge in [-0.1, -0.05) is 6.07 Å². The zero-order valence-corrected chi connectivity index (χ0v) is 10.0. The molecule has 0 aliphatic carbocycles. The van der Waals surface area contributed by atoms with Crippen LogP contribution in [-0.4, -0.2) is 4.98 Å². The van der Waals surface area contributed by atoms with Crippen LogP contribution in [0.25, 0.3) is 11.0 Å². The van der Waals surface area contributed by atoms with Gasteiger partial charge in [-0.15, -0.1) is 0 Å². The molecule has 0 saturated heterocycles. The molecule has 2 aromatic heterocycles. The number of nitrogens with two attached hydrogens (primary N) is 1. The van der Waals surface area contributed by atoms with Crippen LogP contribution in [0, 0.1) is 5.82 Å². The highest BCUT2D eigenvalue weighted by atomic mass is 19.1. The van der Waals surface area contributed by atoms with Crippen LogP contribution in [0.2, 0.25) is 0 Å². The van der Waals surface area contributed by atoms with Crippen molar-refractivity contribution in [1.82, 2.24) is 10.4 Å². The Hall–Kier alpha value is -2.24. The Morgan fingerprint density at radius 2 is 2.16 bits per heavy atom.